The highest BCUT2D eigenvalue weighted by molar-refractivity contribution is 5.19. The summed E-state index contributed by atoms with van der Waals surface area (Å²) in [5.41, 5.74) is 7.25. The molecule has 0 spiro atoms. The third-order valence-electron chi connectivity index (χ3n) is 4.12. The number of hydrogen-bond donors (Lipinski definition) is 1. The predicted octanol–water partition coefficient (Wildman–Crippen LogP) is 2.10. The third kappa shape index (κ3) is 3.78. The number of nitrogens with two attached hydrogens (primary N) is 1. The lowest BCUT2D eigenvalue weighted by Gasteiger charge is -2.36. The summed E-state index contributed by atoms with van der Waals surface area (Å²) in [5, 5.41) is 0. The second kappa shape index (κ2) is 7.04. The molecule has 1 heterocycles. The van der Waals surface area contributed by atoms with Crippen molar-refractivity contribution in [2.45, 2.75) is 31.8 Å². The highest BCUT2D eigenvalue weighted by atomic mass is 15.2. The molecule has 3 heteroatoms. The highest BCUT2D eigenvalue weighted by Crippen LogP contribution is 2.27. The molecule has 1 aliphatic heterocycles. The fourth-order valence-corrected chi connectivity index (χ4v) is 3.21. The molecule has 1 aromatic carbocycles. The molecule has 1 aliphatic rings. The molecule has 0 aliphatic carbocycles. The van der Waals surface area contributed by atoms with E-state index in [2.05, 4.69) is 54.1 Å². The lowest BCUT2D eigenvalue weighted by atomic mass is 10.00. The molecular formula is C16H27N3. The van der Waals surface area contributed by atoms with E-state index in [4.69, 9.17) is 5.73 Å². The van der Waals surface area contributed by atoms with Crippen LogP contribution in [0.4, 0.5) is 0 Å². The largest absolute Gasteiger partial charge is 0.330 e. The van der Waals surface area contributed by atoms with E-state index in [1.165, 1.54) is 25.1 Å². The first-order valence-electron chi connectivity index (χ1n) is 7.41. The topological polar surface area (TPSA) is 32.5 Å². The van der Waals surface area contributed by atoms with Gasteiger partial charge in [-0.25, -0.2) is 0 Å². The summed E-state index contributed by atoms with van der Waals surface area (Å²) in [5.74, 6) is 0. The van der Waals surface area contributed by atoms with E-state index >= 15 is 0 Å². The van der Waals surface area contributed by atoms with Crippen LogP contribution in [0.15, 0.2) is 30.3 Å². The average Bonchev–Trinajstić information content (AvgIpc) is 2.58. The van der Waals surface area contributed by atoms with Gasteiger partial charge in [0.25, 0.3) is 0 Å². The van der Waals surface area contributed by atoms with E-state index < -0.39 is 0 Å². The Balaban J connectivity index is 2.18. The molecular weight excluding hydrogens is 234 g/mol. The molecule has 0 amide bonds. The van der Waals surface area contributed by atoms with Gasteiger partial charge in [0.1, 0.15) is 0 Å². The quantitative estimate of drug-likeness (QED) is 0.901. The maximum absolute atomic E-state index is 5.85. The van der Waals surface area contributed by atoms with Crippen LogP contribution in [0.5, 0.6) is 0 Å². The molecule has 0 aromatic heterocycles. The molecule has 2 N–H and O–H groups in total. The van der Waals surface area contributed by atoms with Crippen molar-refractivity contribution in [2.75, 3.05) is 33.2 Å². The van der Waals surface area contributed by atoms with Crippen LogP contribution in [0, 0.1) is 0 Å². The van der Waals surface area contributed by atoms with Gasteiger partial charge in [-0.05, 0) is 45.5 Å². The fraction of sp³-hybridized carbons (Fsp3) is 0.625. The smallest absolute Gasteiger partial charge is 0.0363 e. The first kappa shape index (κ1) is 14.5. The van der Waals surface area contributed by atoms with E-state index in [1.54, 1.807) is 0 Å². The van der Waals surface area contributed by atoms with Crippen molar-refractivity contribution >= 4 is 0 Å². The van der Waals surface area contributed by atoms with Crippen molar-refractivity contribution < 1.29 is 0 Å². The minimum atomic E-state index is 0.465. The molecule has 1 aromatic rings. The Bertz CT molecular complexity index is 366. The van der Waals surface area contributed by atoms with Gasteiger partial charge in [0, 0.05) is 25.2 Å². The van der Waals surface area contributed by atoms with E-state index in [9.17, 15) is 0 Å². The van der Waals surface area contributed by atoms with Gasteiger partial charge in [-0.1, -0.05) is 30.3 Å². The van der Waals surface area contributed by atoms with Crippen LogP contribution in [0.3, 0.4) is 0 Å². The van der Waals surface area contributed by atoms with Gasteiger partial charge in [-0.15, -0.1) is 0 Å². The summed E-state index contributed by atoms with van der Waals surface area (Å²) in [7, 11) is 2.22. The van der Waals surface area contributed by atoms with Crippen molar-refractivity contribution in [3.63, 3.8) is 0 Å². The van der Waals surface area contributed by atoms with E-state index in [0.29, 0.717) is 12.1 Å². The maximum atomic E-state index is 5.85. The molecule has 19 heavy (non-hydrogen) atoms. The Hall–Kier alpha value is -0.900. The number of nitrogens with zero attached hydrogens (tertiary/aromatic N) is 2. The van der Waals surface area contributed by atoms with Gasteiger partial charge < -0.3 is 10.6 Å². The maximum Gasteiger partial charge on any atom is 0.0363 e. The van der Waals surface area contributed by atoms with Crippen LogP contribution < -0.4 is 5.73 Å². The summed E-state index contributed by atoms with van der Waals surface area (Å²) >= 11 is 0. The summed E-state index contributed by atoms with van der Waals surface area (Å²) in [6.45, 7) is 6.61. The predicted molar refractivity (Wildman–Crippen MR) is 81.1 cm³/mol. The average molecular weight is 261 g/mol. The van der Waals surface area contributed by atoms with Gasteiger partial charge in [-0.2, -0.15) is 0 Å². The zero-order valence-electron chi connectivity index (χ0n) is 12.3. The number of hydrogen-bond acceptors (Lipinski definition) is 3. The SMILES string of the molecule is CC1CN(C)CCCN1C(CCN)c1ccccc1. The Labute approximate surface area is 117 Å². The van der Waals surface area contributed by atoms with Crippen molar-refractivity contribution in [3.05, 3.63) is 35.9 Å². The molecule has 2 rings (SSSR count). The molecule has 3 nitrogen and oxygen atoms in total. The van der Waals surface area contributed by atoms with Crippen LogP contribution in [-0.4, -0.2) is 49.1 Å². The second-order valence-corrected chi connectivity index (χ2v) is 5.71. The first-order valence-corrected chi connectivity index (χ1v) is 7.41. The minimum absolute atomic E-state index is 0.465. The molecule has 0 radical (unpaired) electrons. The van der Waals surface area contributed by atoms with Crippen LogP contribution >= 0.6 is 0 Å². The van der Waals surface area contributed by atoms with Crippen LogP contribution in [0.2, 0.25) is 0 Å². The van der Waals surface area contributed by atoms with Gasteiger partial charge in [0.05, 0.1) is 0 Å². The van der Waals surface area contributed by atoms with E-state index in [-0.39, 0.29) is 0 Å². The fourth-order valence-electron chi connectivity index (χ4n) is 3.21. The highest BCUT2D eigenvalue weighted by Gasteiger charge is 2.26. The Morgan fingerprint density at radius 1 is 1.26 bits per heavy atom. The van der Waals surface area contributed by atoms with Gasteiger partial charge in [0.2, 0.25) is 0 Å². The Morgan fingerprint density at radius 3 is 2.68 bits per heavy atom. The van der Waals surface area contributed by atoms with Crippen molar-refractivity contribution in [3.8, 4) is 0 Å². The Morgan fingerprint density at radius 2 is 2.00 bits per heavy atom. The van der Waals surface area contributed by atoms with Crippen LogP contribution in [-0.2, 0) is 0 Å². The minimum Gasteiger partial charge on any atom is -0.330 e. The van der Waals surface area contributed by atoms with Crippen molar-refractivity contribution in [2.24, 2.45) is 5.73 Å². The zero-order valence-corrected chi connectivity index (χ0v) is 12.3. The summed E-state index contributed by atoms with van der Waals surface area (Å²) in [6, 6.07) is 11.9. The normalized spacial score (nSPS) is 24.1. The summed E-state index contributed by atoms with van der Waals surface area (Å²) in [4.78, 5) is 5.08. The van der Waals surface area contributed by atoms with Gasteiger partial charge >= 0.3 is 0 Å². The monoisotopic (exact) mass is 261 g/mol. The van der Waals surface area contributed by atoms with Crippen molar-refractivity contribution in [1.82, 2.24) is 9.80 Å². The molecule has 0 bridgehead atoms. The molecule has 106 valence electrons. The zero-order chi connectivity index (χ0) is 13.7. The van der Waals surface area contributed by atoms with Gasteiger partial charge in [0.15, 0.2) is 0 Å². The summed E-state index contributed by atoms with van der Waals surface area (Å²) < 4.78 is 0. The molecule has 1 fully saturated rings. The van der Waals surface area contributed by atoms with E-state index in [1.807, 2.05) is 0 Å². The van der Waals surface area contributed by atoms with Gasteiger partial charge in [-0.3, -0.25) is 4.90 Å². The summed E-state index contributed by atoms with van der Waals surface area (Å²) in [6.07, 6.45) is 2.28. The van der Waals surface area contributed by atoms with Crippen LogP contribution in [0.25, 0.3) is 0 Å². The molecule has 2 atom stereocenters. The van der Waals surface area contributed by atoms with E-state index in [0.717, 1.165) is 19.5 Å². The Kier molecular flexibility index (Phi) is 5.37. The van der Waals surface area contributed by atoms with Crippen LogP contribution in [0.1, 0.15) is 31.4 Å². The third-order valence-corrected chi connectivity index (χ3v) is 4.12. The lowest BCUT2D eigenvalue weighted by Crippen LogP contribution is -2.41. The van der Waals surface area contributed by atoms with Crippen molar-refractivity contribution in [1.29, 1.82) is 0 Å². The molecule has 1 saturated heterocycles. The second-order valence-electron chi connectivity index (χ2n) is 5.71. The number of rotatable bonds is 4. The number of likely N-dealkylation sites (N-methyl/N-ethyl adjacent to an activating group) is 1. The standard InChI is InChI=1S/C16H27N3/c1-14-13-18(2)11-6-12-19(14)16(9-10-17)15-7-4-3-5-8-15/h3-5,7-8,14,16H,6,9-13,17H2,1-2H3. The molecule has 2 unspecified atom stereocenters. The first-order chi connectivity index (χ1) is 9.22. The molecule has 0 saturated carbocycles. The lowest BCUT2D eigenvalue weighted by molar-refractivity contribution is 0.137. The number of benzene rings is 1.